The maximum Gasteiger partial charge on any atom is 0.253 e. The Hall–Kier alpha value is -3.57. The van der Waals surface area contributed by atoms with Crippen LogP contribution in [0.25, 0.3) is 0 Å². The number of ether oxygens (including phenoxy) is 2. The number of nitrogens with one attached hydrogen (secondary N) is 2. The third-order valence-electron chi connectivity index (χ3n) is 5.09. The molecule has 0 aromatic heterocycles. The fourth-order valence-corrected chi connectivity index (χ4v) is 3.50. The summed E-state index contributed by atoms with van der Waals surface area (Å²) in [5, 5.41) is 15.3. The standard InChI is InChI=1S/C22H24N4O4/c1-29-20-6-4-16(10-21(20)30-2)12-25-22(28)18-9-15(11-23)3-5-19(18)26(14-27)17-7-8-24-13-17/h3-6,9-10,14,17,24H,7-8,12-13H2,1-2H3,(H,25,28)/t17-/m1/s1. The van der Waals surface area contributed by atoms with Crippen molar-refractivity contribution in [1.29, 1.82) is 5.26 Å². The average Bonchev–Trinajstić information content (AvgIpc) is 3.32. The molecule has 30 heavy (non-hydrogen) atoms. The van der Waals surface area contributed by atoms with Gasteiger partial charge in [0, 0.05) is 13.1 Å². The van der Waals surface area contributed by atoms with E-state index in [1.807, 2.05) is 12.1 Å². The summed E-state index contributed by atoms with van der Waals surface area (Å²) in [5.41, 5.74) is 1.95. The molecule has 1 aliphatic heterocycles. The van der Waals surface area contributed by atoms with Gasteiger partial charge in [-0.25, -0.2) is 0 Å². The van der Waals surface area contributed by atoms with Crippen molar-refractivity contribution in [1.82, 2.24) is 10.6 Å². The van der Waals surface area contributed by atoms with E-state index in [0.29, 0.717) is 29.3 Å². The fraction of sp³-hybridized carbons (Fsp3) is 0.318. The second-order valence-electron chi connectivity index (χ2n) is 6.88. The van der Waals surface area contributed by atoms with E-state index in [1.165, 1.54) is 6.07 Å². The number of hydrogen-bond donors (Lipinski definition) is 2. The number of amides is 2. The number of carbonyl (C=O) groups excluding carboxylic acids is 2. The van der Waals surface area contributed by atoms with Crippen molar-refractivity contribution in [3.8, 4) is 17.6 Å². The third-order valence-corrected chi connectivity index (χ3v) is 5.09. The van der Waals surface area contributed by atoms with Gasteiger partial charge in [0.25, 0.3) is 5.91 Å². The number of carbonyl (C=O) groups is 2. The van der Waals surface area contributed by atoms with E-state index in [2.05, 4.69) is 10.6 Å². The summed E-state index contributed by atoms with van der Waals surface area (Å²) >= 11 is 0. The Labute approximate surface area is 175 Å². The van der Waals surface area contributed by atoms with Gasteiger partial charge in [-0.1, -0.05) is 6.07 Å². The molecule has 2 aromatic rings. The second-order valence-corrected chi connectivity index (χ2v) is 6.88. The molecule has 0 unspecified atom stereocenters. The van der Waals surface area contributed by atoms with Gasteiger partial charge >= 0.3 is 0 Å². The Morgan fingerprint density at radius 1 is 1.27 bits per heavy atom. The lowest BCUT2D eigenvalue weighted by molar-refractivity contribution is -0.107. The summed E-state index contributed by atoms with van der Waals surface area (Å²) < 4.78 is 10.5. The number of hydrogen-bond acceptors (Lipinski definition) is 6. The molecule has 156 valence electrons. The molecule has 8 heteroatoms. The van der Waals surface area contributed by atoms with Gasteiger partial charge in [0.2, 0.25) is 6.41 Å². The van der Waals surface area contributed by atoms with Gasteiger partial charge in [0.15, 0.2) is 11.5 Å². The van der Waals surface area contributed by atoms with E-state index in [0.717, 1.165) is 24.9 Å². The molecule has 1 heterocycles. The number of rotatable bonds is 8. The molecule has 3 rings (SSSR count). The topological polar surface area (TPSA) is 104 Å². The summed E-state index contributed by atoms with van der Waals surface area (Å²) in [6.45, 7) is 1.72. The zero-order chi connectivity index (χ0) is 21.5. The van der Waals surface area contributed by atoms with Crippen LogP contribution < -0.4 is 25.0 Å². The van der Waals surface area contributed by atoms with Gasteiger partial charge in [0.1, 0.15) is 0 Å². The van der Waals surface area contributed by atoms with Gasteiger partial charge in [0.05, 0.1) is 43.1 Å². The van der Waals surface area contributed by atoms with Crippen molar-refractivity contribution < 1.29 is 19.1 Å². The van der Waals surface area contributed by atoms with Gasteiger partial charge in [-0.05, 0) is 48.9 Å². The first-order valence-electron chi connectivity index (χ1n) is 9.58. The van der Waals surface area contributed by atoms with Gasteiger partial charge in [-0.2, -0.15) is 5.26 Å². The smallest absolute Gasteiger partial charge is 0.253 e. The van der Waals surface area contributed by atoms with Crippen molar-refractivity contribution in [2.45, 2.75) is 19.0 Å². The van der Waals surface area contributed by atoms with Crippen LogP contribution in [0.1, 0.15) is 27.9 Å². The molecule has 0 bridgehead atoms. The van der Waals surface area contributed by atoms with Crippen LogP contribution in [0.4, 0.5) is 5.69 Å². The zero-order valence-corrected chi connectivity index (χ0v) is 17.0. The Bertz CT molecular complexity index is 964. The molecule has 1 fully saturated rings. The molecular formula is C22H24N4O4. The molecule has 1 atom stereocenters. The van der Waals surface area contributed by atoms with Crippen LogP contribution in [0.15, 0.2) is 36.4 Å². The Morgan fingerprint density at radius 2 is 2.07 bits per heavy atom. The van der Waals surface area contributed by atoms with Gasteiger partial charge in [-0.15, -0.1) is 0 Å². The Kier molecular flexibility index (Phi) is 6.88. The van der Waals surface area contributed by atoms with Crippen molar-refractivity contribution in [2.75, 3.05) is 32.2 Å². The highest BCUT2D eigenvalue weighted by molar-refractivity contribution is 6.02. The van der Waals surface area contributed by atoms with Crippen LogP contribution in [0.2, 0.25) is 0 Å². The van der Waals surface area contributed by atoms with Crippen molar-refractivity contribution in [3.05, 3.63) is 53.1 Å². The van der Waals surface area contributed by atoms with Crippen LogP contribution in [0.3, 0.4) is 0 Å². The van der Waals surface area contributed by atoms with Crippen LogP contribution in [-0.4, -0.2) is 45.7 Å². The summed E-state index contributed by atoms with van der Waals surface area (Å²) in [4.78, 5) is 26.4. The molecule has 0 radical (unpaired) electrons. The van der Waals surface area contributed by atoms with Crippen LogP contribution >= 0.6 is 0 Å². The number of benzene rings is 2. The SMILES string of the molecule is COc1ccc(CNC(=O)c2cc(C#N)ccc2N(C=O)[C@@H]2CCNC2)cc1OC. The molecule has 0 aliphatic carbocycles. The second kappa shape index (κ2) is 9.76. The lowest BCUT2D eigenvalue weighted by atomic mass is 10.1. The van der Waals surface area contributed by atoms with Crippen molar-refractivity contribution in [2.24, 2.45) is 0 Å². The van der Waals surface area contributed by atoms with Crippen LogP contribution in [0, 0.1) is 11.3 Å². The predicted molar refractivity (Wildman–Crippen MR) is 112 cm³/mol. The lowest BCUT2D eigenvalue weighted by Gasteiger charge is -2.26. The molecule has 2 aromatic carbocycles. The summed E-state index contributed by atoms with van der Waals surface area (Å²) in [5.74, 6) is 0.801. The van der Waals surface area contributed by atoms with Crippen LogP contribution in [0.5, 0.6) is 11.5 Å². The minimum Gasteiger partial charge on any atom is -0.493 e. The summed E-state index contributed by atoms with van der Waals surface area (Å²) in [6, 6.07) is 12.2. The highest BCUT2D eigenvalue weighted by Gasteiger charge is 2.26. The molecule has 8 nitrogen and oxygen atoms in total. The third kappa shape index (κ3) is 4.53. The number of nitriles is 1. The van der Waals surface area contributed by atoms with Gasteiger partial charge in [-0.3, -0.25) is 9.59 Å². The van der Waals surface area contributed by atoms with E-state index in [4.69, 9.17) is 9.47 Å². The van der Waals surface area contributed by atoms with E-state index in [1.54, 1.807) is 43.4 Å². The average molecular weight is 408 g/mol. The zero-order valence-electron chi connectivity index (χ0n) is 17.0. The normalized spacial score (nSPS) is 15.2. The number of methoxy groups -OCH3 is 2. The number of anilines is 1. The van der Waals surface area contributed by atoms with E-state index < -0.39 is 0 Å². The predicted octanol–water partition coefficient (Wildman–Crippen LogP) is 1.83. The molecule has 1 saturated heterocycles. The highest BCUT2D eigenvalue weighted by atomic mass is 16.5. The van der Waals surface area contributed by atoms with Crippen molar-refractivity contribution >= 4 is 18.0 Å². The minimum atomic E-state index is -0.366. The first-order valence-corrected chi connectivity index (χ1v) is 9.58. The monoisotopic (exact) mass is 408 g/mol. The minimum absolute atomic E-state index is 0.0344. The van der Waals surface area contributed by atoms with E-state index in [9.17, 15) is 14.9 Å². The summed E-state index contributed by atoms with van der Waals surface area (Å²) in [7, 11) is 3.10. The fourth-order valence-electron chi connectivity index (χ4n) is 3.50. The number of nitrogens with zero attached hydrogens (tertiary/aromatic N) is 2. The quantitative estimate of drug-likeness (QED) is 0.646. The Balaban J connectivity index is 1.84. The van der Waals surface area contributed by atoms with E-state index in [-0.39, 0.29) is 24.1 Å². The largest absolute Gasteiger partial charge is 0.493 e. The first-order chi connectivity index (χ1) is 14.6. The summed E-state index contributed by atoms with van der Waals surface area (Å²) in [6.07, 6.45) is 1.54. The van der Waals surface area contributed by atoms with Crippen LogP contribution in [-0.2, 0) is 11.3 Å². The first kappa shape index (κ1) is 21.1. The van der Waals surface area contributed by atoms with Gasteiger partial charge < -0.3 is 25.0 Å². The molecule has 0 saturated carbocycles. The van der Waals surface area contributed by atoms with Crippen molar-refractivity contribution in [3.63, 3.8) is 0 Å². The molecule has 2 amide bonds. The maximum absolute atomic E-state index is 13.0. The maximum atomic E-state index is 13.0. The lowest BCUT2D eigenvalue weighted by Crippen LogP contribution is -2.37. The molecule has 0 spiro atoms. The molecular weight excluding hydrogens is 384 g/mol. The highest BCUT2D eigenvalue weighted by Crippen LogP contribution is 2.28. The Morgan fingerprint density at radius 3 is 2.70 bits per heavy atom. The van der Waals surface area contributed by atoms with E-state index >= 15 is 0 Å². The molecule has 1 aliphatic rings. The molecule has 2 N–H and O–H groups in total.